The van der Waals surface area contributed by atoms with Crippen LogP contribution in [0.25, 0.3) is 5.69 Å². The Hall–Kier alpha value is -3.28. The van der Waals surface area contributed by atoms with Crippen LogP contribution in [0.1, 0.15) is 19.4 Å². The highest BCUT2D eigenvalue weighted by Crippen LogP contribution is 2.41. The van der Waals surface area contributed by atoms with Gasteiger partial charge in [-0.15, -0.1) is 0 Å². The maximum Gasteiger partial charge on any atom is 0.262 e. The number of carbonyl (C=O) groups is 1. The van der Waals surface area contributed by atoms with Crippen molar-refractivity contribution in [2.24, 2.45) is 0 Å². The number of fused-ring (bicyclic) bond motifs is 1. The second-order valence-corrected chi connectivity index (χ2v) is 7.12. The molecule has 0 unspecified atom stereocenters. The van der Waals surface area contributed by atoms with E-state index >= 15 is 0 Å². The minimum Gasteiger partial charge on any atom is -0.483 e. The molecule has 2 heterocycles. The summed E-state index contributed by atoms with van der Waals surface area (Å²) >= 11 is 0. The maximum absolute atomic E-state index is 12.2. The van der Waals surface area contributed by atoms with Crippen LogP contribution in [0.15, 0.2) is 60.9 Å². The van der Waals surface area contributed by atoms with Gasteiger partial charge >= 0.3 is 0 Å². The molecular weight excluding hydrogens is 342 g/mol. The average molecular weight is 363 g/mol. The SMILES string of the molecule is CC1(C)Cc2cccc(OCC(=O)Nc3ccc(-n4cccn4)cc3)c2O1. The Labute approximate surface area is 157 Å². The van der Waals surface area contributed by atoms with Crippen molar-refractivity contribution in [1.29, 1.82) is 0 Å². The van der Waals surface area contributed by atoms with Crippen LogP contribution in [0, 0.1) is 0 Å². The fraction of sp³-hybridized carbons (Fsp3) is 0.238. The van der Waals surface area contributed by atoms with Crippen molar-refractivity contribution in [2.75, 3.05) is 11.9 Å². The molecule has 6 nitrogen and oxygen atoms in total. The highest BCUT2D eigenvalue weighted by atomic mass is 16.5. The first kappa shape index (κ1) is 17.1. The van der Waals surface area contributed by atoms with Gasteiger partial charge in [-0.3, -0.25) is 4.79 Å². The third-order valence-electron chi connectivity index (χ3n) is 4.33. The number of hydrogen-bond donors (Lipinski definition) is 1. The molecule has 4 rings (SSSR count). The van der Waals surface area contributed by atoms with Gasteiger partial charge < -0.3 is 14.8 Å². The number of hydrogen-bond acceptors (Lipinski definition) is 4. The molecule has 0 saturated carbocycles. The molecule has 3 aromatic rings. The summed E-state index contributed by atoms with van der Waals surface area (Å²) in [6, 6.07) is 15.1. The van der Waals surface area contributed by atoms with E-state index in [4.69, 9.17) is 9.47 Å². The van der Waals surface area contributed by atoms with Crippen molar-refractivity contribution in [3.63, 3.8) is 0 Å². The van der Waals surface area contributed by atoms with Crippen LogP contribution in [0.2, 0.25) is 0 Å². The molecule has 2 aromatic carbocycles. The fourth-order valence-electron chi connectivity index (χ4n) is 3.16. The van der Waals surface area contributed by atoms with Crippen molar-refractivity contribution < 1.29 is 14.3 Å². The first-order valence-electron chi connectivity index (χ1n) is 8.84. The summed E-state index contributed by atoms with van der Waals surface area (Å²) in [5.74, 6) is 1.11. The van der Waals surface area contributed by atoms with Gasteiger partial charge in [-0.2, -0.15) is 5.10 Å². The van der Waals surface area contributed by atoms with Gasteiger partial charge in [-0.25, -0.2) is 4.68 Å². The van der Waals surface area contributed by atoms with Crippen LogP contribution in [0.3, 0.4) is 0 Å². The molecule has 1 aromatic heterocycles. The summed E-state index contributed by atoms with van der Waals surface area (Å²) in [5, 5.41) is 7.01. The Morgan fingerprint density at radius 2 is 2.04 bits per heavy atom. The summed E-state index contributed by atoms with van der Waals surface area (Å²) in [5.41, 5.74) is 2.48. The predicted molar refractivity (Wildman–Crippen MR) is 103 cm³/mol. The zero-order chi connectivity index (χ0) is 18.9. The van der Waals surface area contributed by atoms with E-state index in [-0.39, 0.29) is 18.1 Å². The van der Waals surface area contributed by atoms with E-state index in [1.54, 1.807) is 10.9 Å². The number of nitrogens with zero attached hydrogens (tertiary/aromatic N) is 2. The van der Waals surface area contributed by atoms with Gasteiger partial charge in [0.15, 0.2) is 18.1 Å². The first-order chi connectivity index (χ1) is 13.0. The number of nitrogens with one attached hydrogen (secondary N) is 1. The van der Waals surface area contributed by atoms with E-state index in [0.717, 1.165) is 23.4 Å². The van der Waals surface area contributed by atoms with Crippen LogP contribution in [-0.4, -0.2) is 27.9 Å². The molecule has 6 heteroatoms. The zero-order valence-electron chi connectivity index (χ0n) is 15.3. The lowest BCUT2D eigenvalue weighted by Crippen LogP contribution is -2.25. The van der Waals surface area contributed by atoms with Gasteiger partial charge in [-0.05, 0) is 50.2 Å². The Morgan fingerprint density at radius 3 is 2.78 bits per heavy atom. The summed E-state index contributed by atoms with van der Waals surface area (Å²) < 4.78 is 13.4. The quantitative estimate of drug-likeness (QED) is 0.752. The molecule has 1 aliphatic heterocycles. The summed E-state index contributed by atoms with van der Waals surface area (Å²) in [7, 11) is 0. The molecule has 0 fully saturated rings. The number of rotatable bonds is 5. The Kier molecular flexibility index (Phi) is 4.32. The molecule has 0 spiro atoms. The standard InChI is InChI=1S/C21H21N3O3/c1-21(2)13-15-5-3-6-18(20(15)27-21)26-14-19(25)23-16-7-9-17(10-8-16)24-12-4-11-22-24/h3-12H,13-14H2,1-2H3,(H,23,25). The molecule has 1 aliphatic rings. The second kappa shape index (κ2) is 6.79. The van der Waals surface area contributed by atoms with Crippen molar-refractivity contribution >= 4 is 11.6 Å². The first-order valence-corrected chi connectivity index (χ1v) is 8.84. The number of ether oxygens (including phenoxy) is 2. The topological polar surface area (TPSA) is 65.4 Å². The molecule has 0 saturated heterocycles. The third kappa shape index (κ3) is 3.79. The van der Waals surface area contributed by atoms with E-state index in [1.807, 2.05) is 68.6 Å². The number of anilines is 1. The molecule has 27 heavy (non-hydrogen) atoms. The van der Waals surface area contributed by atoms with Gasteiger partial charge in [0, 0.05) is 30.1 Å². The van der Waals surface area contributed by atoms with Crippen LogP contribution >= 0.6 is 0 Å². The van der Waals surface area contributed by atoms with Crippen molar-refractivity contribution in [3.8, 4) is 17.2 Å². The van der Waals surface area contributed by atoms with E-state index in [1.165, 1.54) is 0 Å². The smallest absolute Gasteiger partial charge is 0.262 e. The van der Waals surface area contributed by atoms with Crippen LogP contribution in [0.4, 0.5) is 5.69 Å². The number of aromatic nitrogens is 2. The van der Waals surface area contributed by atoms with Gasteiger partial charge in [0.25, 0.3) is 5.91 Å². The van der Waals surface area contributed by atoms with Gasteiger partial charge in [0.1, 0.15) is 5.60 Å². The summed E-state index contributed by atoms with van der Waals surface area (Å²) in [6.45, 7) is 3.99. The van der Waals surface area contributed by atoms with Gasteiger partial charge in [0.2, 0.25) is 0 Å². The molecule has 138 valence electrons. The lowest BCUT2D eigenvalue weighted by atomic mass is 10.0. The number of para-hydroxylation sites is 1. The van der Waals surface area contributed by atoms with E-state index < -0.39 is 0 Å². The molecule has 0 aliphatic carbocycles. The van der Waals surface area contributed by atoms with Crippen molar-refractivity contribution in [1.82, 2.24) is 9.78 Å². The highest BCUT2D eigenvalue weighted by molar-refractivity contribution is 5.92. The van der Waals surface area contributed by atoms with E-state index in [9.17, 15) is 4.79 Å². The Balaban J connectivity index is 1.36. The predicted octanol–water partition coefficient (Wildman–Crippen LogP) is 3.60. The monoisotopic (exact) mass is 363 g/mol. The maximum atomic E-state index is 12.2. The average Bonchev–Trinajstić information content (AvgIpc) is 3.27. The van der Waals surface area contributed by atoms with Crippen molar-refractivity contribution in [2.45, 2.75) is 25.9 Å². The normalized spacial score (nSPS) is 14.3. The second-order valence-electron chi connectivity index (χ2n) is 7.12. The third-order valence-corrected chi connectivity index (χ3v) is 4.33. The van der Waals surface area contributed by atoms with E-state index in [2.05, 4.69) is 10.4 Å². The molecule has 0 atom stereocenters. The lowest BCUT2D eigenvalue weighted by molar-refractivity contribution is -0.118. The molecule has 0 radical (unpaired) electrons. The minimum atomic E-state index is -0.250. The van der Waals surface area contributed by atoms with Crippen LogP contribution in [0.5, 0.6) is 11.5 Å². The van der Waals surface area contributed by atoms with Crippen molar-refractivity contribution in [3.05, 3.63) is 66.5 Å². The minimum absolute atomic E-state index is 0.0822. The summed E-state index contributed by atoms with van der Waals surface area (Å²) in [6.07, 6.45) is 4.41. The molecule has 1 amide bonds. The number of carbonyl (C=O) groups excluding carboxylic acids is 1. The van der Waals surface area contributed by atoms with Crippen LogP contribution < -0.4 is 14.8 Å². The molecular formula is C21H21N3O3. The van der Waals surface area contributed by atoms with E-state index in [0.29, 0.717) is 11.4 Å². The van der Waals surface area contributed by atoms with Gasteiger partial charge in [0.05, 0.1) is 5.69 Å². The summed E-state index contributed by atoms with van der Waals surface area (Å²) in [4.78, 5) is 12.2. The Morgan fingerprint density at radius 1 is 1.22 bits per heavy atom. The largest absolute Gasteiger partial charge is 0.483 e. The fourth-order valence-corrected chi connectivity index (χ4v) is 3.16. The van der Waals surface area contributed by atoms with Crippen LogP contribution in [-0.2, 0) is 11.2 Å². The lowest BCUT2D eigenvalue weighted by Gasteiger charge is -2.18. The Bertz CT molecular complexity index is 947. The van der Waals surface area contributed by atoms with Gasteiger partial charge in [-0.1, -0.05) is 12.1 Å². The number of amides is 1. The zero-order valence-corrected chi connectivity index (χ0v) is 15.3. The molecule has 0 bridgehead atoms. The molecule has 1 N–H and O–H groups in total. The number of benzene rings is 2. The highest BCUT2D eigenvalue weighted by Gasteiger charge is 2.32.